The van der Waals surface area contributed by atoms with Crippen LogP contribution in [0.15, 0.2) is 0 Å². The van der Waals surface area contributed by atoms with Gasteiger partial charge in [-0.05, 0) is 12.3 Å². The highest BCUT2D eigenvalue weighted by atomic mass is 16.4. The van der Waals surface area contributed by atoms with Crippen molar-refractivity contribution in [2.75, 3.05) is 0 Å². The Morgan fingerprint density at radius 2 is 2.38 bits per heavy atom. The molecule has 1 saturated carbocycles. The monoisotopic (exact) mass is 115 g/mol. The molecule has 1 aliphatic rings. The van der Waals surface area contributed by atoms with E-state index in [9.17, 15) is 4.79 Å². The zero-order valence-electron chi connectivity index (χ0n) is 4.72. The lowest BCUT2D eigenvalue weighted by Gasteiger charge is -1.92. The van der Waals surface area contributed by atoms with E-state index < -0.39 is 6.09 Å². The maximum atomic E-state index is 9.88. The maximum Gasteiger partial charge on any atom is 0.404 e. The van der Waals surface area contributed by atoms with Gasteiger partial charge in [-0.25, -0.2) is 4.79 Å². The number of carboxylic acid groups (broad SMARTS) is 1. The van der Waals surface area contributed by atoms with Gasteiger partial charge in [0.15, 0.2) is 0 Å². The molecule has 0 heterocycles. The topological polar surface area (TPSA) is 49.3 Å². The average molecular weight is 115 g/mol. The minimum atomic E-state index is -0.903. The Hall–Kier alpha value is -0.730. The van der Waals surface area contributed by atoms with Crippen molar-refractivity contribution in [1.29, 1.82) is 0 Å². The van der Waals surface area contributed by atoms with Gasteiger partial charge in [-0.3, -0.25) is 0 Å². The van der Waals surface area contributed by atoms with Crippen LogP contribution in [0, 0.1) is 5.92 Å². The molecule has 1 amide bonds. The Bertz CT molecular complexity index is 113. The number of rotatable bonds is 1. The molecule has 0 aromatic rings. The van der Waals surface area contributed by atoms with Gasteiger partial charge >= 0.3 is 6.09 Å². The molecule has 2 N–H and O–H groups in total. The van der Waals surface area contributed by atoms with Gasteiger partial charge in [0.2, 0.25) is 0 Å². The fraction of sp³-hybridized carbons (Fsp3) is 0.800. The zero-order chi connectivity index (χ0) is 6.15. The summed E-state index contributed by atoms with van der Waals surface area (Å²) in [6.45, 7) is 2.03. The first-order chi connectivity index (χ1) is 3.70. The van der Waals surface area contributed by atoms with Gasteiger partial charge in [0.05, 0.1) is 0 Å². The van der Waals surface area contributed by atoms with Crippen LogP contribution in [0.1, 0.15) is 13.3 Å². The third-order valence-corrected chi connectivity index (χ3v) is 1.42. The lowest BCUT2D eigenvalue weighted by molar-refractivity contribution is 0.193. The molecular weight excluding hydrogens is 106 g/mol. The first kappa shape index (κ1) is 5.41. The van der Waals surface area contributed by atoms with Gasteiger partial charge in [0, 0.05) is 6.04 Å². The highest BCUT2D eigenvalue weighted by molar-refractivity contribution is 5.65. The van der Waals surface area contributed by atoms with Gasteiger partial charge < -0.3 is 10.4 Å². The highest BCUT2D eigenvalue weighted by Gasteiger charge is 2.33. The van der Waals surface area contributed by atoms with E-state index in [1.165, 1.54) is 0 Å². The van der Waals surface area contributed by atoms with Crippen LogP contribution in [0.2, 0.25) is 0 Å². The lowest BCUT2D eigenvalue weighted by Crippen LogP contribution is -2.23. The van der Waals surface area contributed by atoms with Crippen LogP contribution in [0.25, 0.3) is 0 Å². The van der Waals surface area contributed by atoms with Crippen molar-refractivity contribution < 1.29 is 9.90 Å². The second kappa shape index (κ2) is 1.65. The molecule has 0 unspecified atom stereocenters. The van der Waals surface area contributed by atoms with Crippen LogP contribution in [0.5, 0.6) is 0 Å². The van der Waals surface area contributed by atoms with Gasteiger partial charge in [-0.1, -0.05) is 6.92 Å². The van der Waals surface area contributed by atoms with Gasteiger partial charge in [-0.15, -0.1) is 0 Å². The molecule has 8 heavy (non-hydrogen) atoms. The van der Waals surface area contributed by atoms with Crippen molar-refractivity contribution in [3.05, 3.63) is 0 Å². The quantitative estimate of drug-likeness (QED) is 0.527. The van der Waals surface area contributed by atoms with E-state index in [1.807, 2.05) is 6.92 Å². The van der Waals surface area contributed by atoms with Crippen molar-refractivity contribution in [2.24, 2.45) is 5.92 Å². The first-order valence-corrected chi connectivity index (χ1v) is 2.69. The predicted octanol–water partition coefficient (Wildman–Crippen LogP) is 0.662. The summed E-state index contributed by atoms with van der Waals surface area (Å²) in [6, 6.07) is 0.243. The van der Waals surface area contributed by atoms with E-state index in [0.29, 0.717) is 5.92 Å². The van der Waals surface area contributed by atoms with Crippen LogP contribution in [0.3, 0.4) is 0 Å². The zero-order valence-corrected chi connectivity index (χ0v) is 4.72. The van der Waals surface area contributed by atoms with E-state index in [4.69, 9.17) is 5.11 Å². The fourth-order valence-electron chi connectivity index (χ4n) is 0.682. The number of amides is 1. The molecule has 0 saturated heterocycles. The lowest BCUT2D eigenvalue weighted by atomic mass is 10.5. The molecule has 0 aliphatic heterocycles. The van der Waals surface area contributed by atoms with Crippen molar-refractivity contribution in [3.63, 3.8) is 0 Å². The van der Waals surface area contributed by atoms with Crippen molar-refractivity contribution >= 4 is 6.09 Å². The Labute approximate surface area is 47.7 Å². The summed E-state index contributed by atoms with van der Waals surface area (Å²) in [6.07, 6.45) is 0.103. The normalized spacial score (nSPS) is 34.1. The Morgan fingerprint density at radius 1 is 1.88 bits per heavy atom. The highest BCUT2D eigenvalue weighted by Crippen LogP contribution is 2.28. The molecule has 0 radical (unpaired) electrons. The molecular formula is C5H9NO2. The third kappa shape index (κ3) is 1.12. The molecule has 46 valence electrons. The van der Waals surface area contributed by atoms with Gasteiger partial charge in [0.25, 0.3) is 0 Å². The summed E-state index contributed by atoms with van der Waals surface area (Å²) in [5.41, 5.74) is 0. The molecule has 0 spiro atoms. The number of hydrogen-bond acceptors (Lipinski definition) is 1. The third-order valence-electron chi connectivity index (χ3n) is 1.42. The van der Waals surface area contributed by atoms with Crippen LogP contribution >= 0.6 is 0 Å². The van der Waals surface area contributed by atoms with E-state index in [1.54, 1.807) is 0 Å². The Balaban J connectivity index is 2.14. The Morgan fingerprint density at radius 3 is 2.50 bits per heavy atom. The van der Waals surface area contributed by atoms with Crippen molar-refractivity contribution in [2.45, 2.75) is 19.4 Å². The first-order valence-electron chi connectivity index (χ1n) is 2.69. The second-order valence-electron chi connectivity index (χ2n) is 2.27. The summed E-state index contributed by atoms with van der Waals surface area (Å²) in [4.78, 5) is 9.88. The van der Waals surface area contributed by atoms with Crippen molar-refractivity contribution in [1.82, 2.24) is 5.32 Å². The maximum absolute atomic E-state index is 9.88. The van der Waals surface area contributed by atoms with E-state index in [2.05, 4.69) is 5.32 Å². The predicted molar refractivity (Wildman–Crippen MR) is 28.7 cm³/mol. The van der Waals surface area contributed by atoms with E-state index in [-0.39, 0.29) is 6.04 Å². The molecule has 1 fully saturated rings. The average Bonchev–Trinajstić information content (AvgIpc) is 2.17. The smallest absolute Gasteiger partial charge is 0.404 e. The van der Waals surface area contributed by atoms with Crippen LogP contribution < -0.4 is 5.32 Å². The van der Waals surface area contributed by atoms with Crippen LogP contribution in [-0.2, 0) is 0 Å². The molecule has 0 bridgehead atoms. The minimum absolute atomic E-state index is 0.243. The second-order valence-corrected chi connectivity index (χ2v) is 2.27. The standard InChI is InChI=1S/C5H9NO2/c1-3-2-4(3)6-5(7)8/h3-4,6H,2H2,1H3,(H,7,8)/t3-,4-/m0/s1. The molecule has 1 rings (SSSR count). The molecule has 0 aromatic carbocycles. The summed E-state index contributed by atoms with van der Waals surface area (Å²) >= 11 is 0. The molecule has 3 heteroatoms. The minimum Gasteiger partial charge on any atom is -0.465 e. The van der Waals surface area contributed by atoms with E-state index >= 15 is 0 Å². The van der Waals surface area contributed by atoms with Crippen molar-refractivity contribution in [3.8, 4) is 0 Å². The number of hydrogen-bond donors (Lipinski definition) is 2. The van der Waals surface area contributed by atoms with Gasteiger partial charge in [0.1, 0.15) is 0 Å². The number of nitrogens with one attached hydrogen (secondary N) is 1. The summed E-state index contributed by atoms with van der Waals surface area (Å²) in [5.74, 6) is 0.561. The Kier molecular flexibility index (Phi) is 1.12. The molecule has 3 nitrogen and oxygen atoms in total. The summed E-state index contributed by atoms with van der Waals surface area (Å²) in [5, 5.41) is 10.5. The summed E-state index contributed by atoms with van der Waals surface area (Å²) < 4.78 is 0. The fourth-order valence-corrected chi connectivity index (χ4v) is 0.682. The molecule has 1 aliphatic carbocycles. The molecule has 2 atom stereocenters. The van der Waals surface area contributed by atoms with Crippen LogP contribution in [-0.4, -0.2) is 17.2 Å². The summed E-state index contributed by atoms with van der Waals surface area (Å²) in [7, 11) is 0. The largest absolute Gasteiger partial charge is 0.465 e. The van der Waals surface area contributed by atoms with E-state index in [0.717, 1.165) is 6.42 Å². The SMILES string of the molecule is C[C@H]1C[C@@H]1NC(=O)O. The number of carbonyl (C=O) groups is 1. The van der Waals surface area contributed by atoms with Crippen LogP contribution in [0.4, 0.5) is 4.79 Å². The molecule has 0 aromatic heterocycles. The van der Waals surface area contributed by atoms with Gasteiger partial charge in [-0.2, -0.15) is 0 Å².